The van der Waals surface area contributed by atoms with Gasteiger partial charge in [0.2, 0.25) is 5.95 Å². The second-order valence-corrected chi connectivity index (χ2v) is 8.93. The first kappa shape index (κ1) is 21.8. The van der Waals surface area contributed by atoms with Crippen molar-refractivity contribution < 1.29 is 4.39 Å². The van der Waals surface area contributed by atoms with Gasteiger partial charge in [-0.3, -0.25) is 0 Å². The minimum absolute atomic E-state index is 0.180. The number of para-hydroxylation sites is 1. The molecule has 7 heteroatoms. The van der Waals surface area contributed by atoms with Gasteiger partial charge in [0.15, 0.2) is 0 Å². The predicted octanol–water partition coefficient (Wildman–Crippen LogP) is 5.25. The summed E-state index contributed by atoms with van der Waals surface area (Å²) in [6.07, 6.45) is 4.51. The van der Waals surface area contributed by atoms with Crippen molar-refractivity contribution in [3.63, 3.8) is 0 Å². The Hall–Kier alpha value is -2.44. The number of aromatic nitrogens is 2. The van der Waals surface area contributed by atoms with E-state index in [-0.39, 0.29) is 10.8 Å². The molecule has 1 saturated carbocycles. The number of halogens is 2. The fourth-order valence-electron chi connectivity index (χ4n) is 4.23. The molecule has 1 aliphatic carbocycles. The van der Waals surface area contributed by atoms with Crippen LogP contribution in [-0.2, 0) is 6.54 Å². The van der Waals surface area contributed by atoms with Gasteiger partial charge in [-0.1, -0.05) is 29.8 Å². The maximum Gasteiger partial charge on any atom is 0.225 e. The topological polar surface area (TPSA) is 53.1 Å². The standard InChI is InChI=1S/C24H29ClFN5/c1-31(2)23-19-5-3-4-6-22(19)29-24(30-23)28-18-10-7-16(8-11-18)14-27-15-17-9-12-21(26)20(25)13-17/h3-6,9,12-13,16,18,27H,7-8,10-11,14-15H2,1-2H3,(H,28,29,30). The number of anilines is 2. The van der Waals surface area contributed by atoms with Crippen molar-refractivity contribution in [2.45, 2.75) is 38.3 Å². The summed E-state index contributed by atoms with van der Waals surface area (Å²) in [5.41, 5.74) is 1.97. The average molecular weight is 442 g/mol. The zero-order valence-corrected chi connectivity index (χ0v) is 18.8. The molecule has 5 nitrogen and oxygen atoms in total. The van der Waals surface area contributed by atoms with Crippen molar-refractivity contribution in [2.24, 2.45) is 5.92 Å². The van der Waals surface area contributed by atoms with Gasteiger partial charge in [-0.2, -0.15) is 4.98 Å². The van der Waals surface area contributed by atoms with Crippen molar-refractivity contribution >= 4 is 34.3 Å². The van der Waals surface area contributed by atoms with Crippen LogP contribution >= 0.6 is 11.6 Å². The Balaban J connectivity index is 1.29. The van der Waals surface area contributed by atoms with E-state index < -0.39 is 0 Å². The Morgan fingerprint density at radius 3 is 2.58 bits per heavy atom. The Morgan fingerprint density at radius 1 is 1.06 bits per heavy atom. The van der Waals surface area contributed by atoms with Crippen LogP contribution in [0.3, 0.4) is 0 Å². The summed E-state index contributed by atoms with van der Waals surface area (Å²) in [7, 11) is 4.02. The third-order valence-electron chi connectivity index (χ3n) is 5.93. The molecule has 2 N–H and O–H groups in total. The lowest BCUT2D eigenvalue weighted by Gasteiger charge is -2.29. The predicted molar refractivity (Wildman–Crippen MR) is 126 cm³/mol. The highest BCUT2D eigenvalue weighted by Crippen LogP contribution is 2.28. The molecule has 0 atom stereocenters. The number of hydrogen-bond acceptors (Lipinski definition) is 5. The molecule has 0 amide bonds. The van der Waals surface area contributed by atoms with Gasteiger partial charge in [0, 0.05) is 32.1 Å². The summed E-state index contributed by atoms with van der Waals surface area (Å²) >= 11 is 5.86. The third kappa shape index (κ3) is 5.43. The summed E-state index contributed by atoms with van der Waals surface area (Å²) in [5.74, 6) is 1.91. The highest BCUT2D eigenvalue weighted by molar-refractivity contribution is 6.30. The van der Waals surface area contributed by atoms with Crippen LogP contribution < -0.4 is 15.5 Å². The van der Waals surface area contributed by atoms with Crippen LogP contribution in [0.1, 0.15) is 31.2 Å². The van der Waals surface area contributed by atoms with Crippen LogP contribution in [0.4, 0.5) is 16.2 Å². The molecular weight excluding hydrogens is 413 g/mol. The maximum atomic E-state index is 13.3. The first-order valence-corrected chi connectivity index (χ1v) is 11.2. The monoisotopic (exact) mass is 441 g/mol. The molecule has 0 aliphatic heterocycles. The van der Waals surface area contributed by atoms with Crippen LogP contribution in [0, 0.1) is 11.7 Å². The van der Waals surface area contributed by atoms with Crippen LogP contribution in [-0.4, -0.2) is 36.6 Å². The van der Waals surface area contributed by atoms with Gasteiger partial charge in [-0.25, -0.2) is 9.37 Å². The summed E-state index contributed by atoms with van der Waals surface area (Å²) in [4.78, 5) is 11.5. The number of rotatable bonds is 7. The molecule has 0 unspecified atom stereocenters. The van der Waals surface area contributed by atoms with Crippen molar-refractivity contribution in [1.82, 2.24) is 15.3 Å². The summed E-state index contributed by atoms with van der Waals surface area (Å²) < 4.78 is 13.3. The lowest BCUT2D eigenvalue weighted by Crippen LogP contribution is -2.31. The Labute approximate surface area is 188 Å². The number of benzene rings is 2. The van der Waals surface area contributed by atoms with E-state index in [2.05, 4.69) is 16.7 Å². The molecular formula is C24H29ClFN5. The maximum absolute atomic E-state index is 13.3. The van der Waals surface area contributed by atoms with E-state index in [4.69, 9.17) is 21.6 Å². The van der Waals surface area contributed by atoms with Gasteiger partial charge >= 0.3 is 0 Å². The first-order chi connectivity index (χ1) is 15.0. The van der Waals surface area contributed by atoms with E-state index in [1.807, 2.05) is 37.2 Å². The molecule has 0 bridgehead atoms. The molecule has 0 saturated heterocycles. The van der Waals surface area contributed by atoms with Crippen LogP contribution in [0.2, 0.25) is 5.02 Å². The SMILES string of the molecule is CN(C)c1nc(NC2CCC(CNCc3ccc(F)c(Cl)c3)CC2)nc2ccccc12. The van der Waals surface area contributed by atoms with E-state index in [1.54, 1.807) is 12.1 Å². The normalized spacial score (nSPS) is 18.8. The molecule has 2 aromatic carbocycles. The second-order valence-electron chi connectivity index (χ2n) is 8.52. The number of nitrogens with zero attached hydrogens (tertiary/aromatic N) is 3. The second kappa shape index (κ2) is 9.79. The number of nitrogens with one attached hydrogen (secondary N) is 2. The smallest absolute Gasteiger partial charge is 0.225 e. The zero-order chi connectivity index (χ0) is 21.8. The van der Waals surface area contributed by atoms with E-state index in [0.717, 1.165) is 54.5 Å². The van der Waals surface area contributed by atoms with E-state index in [0.29, 0.717) is 24.5 Å². The number of hydrogen-bond donors (Lipinski definition) is 2. The summed E-state index contributed by atoms with van der Waals surface area (Å²) in [6, 6.07) is 13.4. The molecule has 1 heterocycles. The van der Waals surface area contributed by atoms with Gasteiger partial charge in [-0.15, -0.1) is 0 Å². The molecule has 164 valence electrons. The van der Waals surface area contributed by atoms with Crippen LogP contribution in [0.15, 0.2) is 42.5 Å². The number of fused-ring (bicyclic) bond motifs is 1. The van der Waals surface area contributed by atoms with Gasteiger partial charge < -0.3 is 15.5 Å². The Morgan fingerprint density at radius 2 is 1.84 bits per heavy atom. The summed E-state index contributed by atoms with van der Waals surface area (Å²) in [5, 5.41) is 8.30. The first-order valence-electron chi connectivity index (χ1n) is 10.8. The zero-order valence-electron chi connectivity index (χ0n) is 18.0. The summed E-state index contributed by atoms with van der Waals surface area (Å²) in [6.45, 7) is 1.66. The molecule has 3 aromatic rings. The molecule has 4 rings (SSSR count). The molecule has 31 heavy (non-hydrogen) atoms. The van der Waals surface area contributed by atoms with Gasteiger partial charge in [0.25, 0.3) is 0 Å². The van der Waals surface area contributed by atoms with Gasteiger partial charge in [0.1, 0.15) is 11.6 Å². The average Bonchev–Trinajstić information content (AvgIpc) is 2.77. The Bertz CT molecular complexity index is 1030. The minimum Gasteiger partial charge on any atom is -0.362 e. The van der Waals surface area contributed by atoms with Crippen molar-refractivity contribution in [3.05, 3.63) is 58.9 Å². The van der Waals surface area contributed by atoms with Gasteiger partial charge in [0.05, 0.1) is 10.5 Å². The van der Waals surface area contributed by atoms with Crippen LogP contribution in [0.25, 0.3) is 10.9 Å². The van der Waals surface area contributed by atoms with Crippen molar-refractivity contribution in [3.8, 4) is 0 Å². The third-order valence-corrected chi connectivity index (χ3v) is 6.22. The molecule has 1 aromatic heterocycles. The largest absolute Gasteiger partial charge is 0.362 e. The van der Waals surface area contributed by atoms with Crippen LogP contribution in [0.5, 0.6) is 0 Å². The fraction of sp³-hybridized carbons (Fsp3) is 0.417. The molecule has 0 spiro atoms. The lowest BCUT2D eigenvalue weighted by molar-refractivity contribution is 0.324. The quantitative estimate of drug-likeness (QED) is 0.524. The molecule has 0 radical (unpaired) electrons. The molecule has 1 aliphatic rings. The Kier molecular flexibility index (Phi) is 6.88. The fourth-order valence-corrected chi connectivity index (χ4v) is 4.43. The van der Waals surface area contributed by atoms with Crippen molar-refractivity contribution in [1.29, 1.82) is 0 Å². The van der Waals surface area contributed by atoms with Gasteiger partial charge in [-0.05, 0) is 68.0 Å². The van der Waals surface area contributed by atoms with E-state index in [9.17, 15) is 4.39 Å². The lowest BCUT2D eigenvalue weighted by atomic mass is 9.86. The van der Waals surface area contributed by atoms with Crippen molar-refractivity contribution in [2.75, 3.05) is 30.9 Å². The highest BCUT2D eigenvalue weighted by Gasteiger charge is 2.22. The van der Waals surface area contributed by atoms with E-state index in [1.165, 1.54) is 6.07 Å². The highest BCUT2D eigenvalue weighted by atomic mass is 35.5. The van der Waals surface area contributed by atoms with E-state index >= 15 is 0 Å². The molecule has 1 fully saturated rings. The minimum atomic E-state index is -0.371.